The molecule has 0 heterocycles. The lowest BCUT2D eigenvalue weighted by molar-refractivity contribution is -0.0523. The van der Waals surface area contributed by atoms with Gasteiger partial charge in [0.1, 0.15) is 8.07 Å². The molecule has 1 aromatic carbocycles. The van der Waals surface area contributed by atoms with Gasteiger partial charge in [0.25, 0.3) is 0 Å². The van der Waals surface area contributed by atoms with Gasteiger partial charge >= 0.3 is 6.09 Å². The molecule has 0 aliphatic carbocycles. The van der Waals surface area contributed by atoms with Crippen LogP contribution in [0, 0.1) is 16.9 Å². The van der Waals surface area contributed by atoms with Gasteiger partial charge in [0.15, 0.2) is 8.32 Å². The van der Waals surface area contributed by atoms with Crippen molar-refractivity contribution in [3.8, 4) is 11.5 Å². The number of aliphatic hydroxyl groups excluding tert-OH is 1. The minimum Gasteiger partial charge on any atom is -0.465 e. The molecule has 3 atom stereocenters. The Morgan fingerprint density at radius 3 is 2.12 bits per heavy atom. The normalized spacial score (nSPS) is 15.8. The molecule has 7 heteroatoms. The number of hydrogen-bond acceptors (Lipinski definition) is 3. The quantitative estimate of drug-likeness (QED) is 0.328. The van der Waals surface area contributed by atoms with Crippen LogP contribution in [0.4, 0.5) is 4.79 Å². The summed E-state index contributed by atoms with van der Waals surface area (Å²) in [5.74, 6) is 3.27. The Hall–Kier alpha value is -1.60. The third-order valence-corrected chi connectivity index (χ3v) is 11.5. The van der Waals surface area contributed by atoms with Crippen LogP contribution in [0.3, 0.4) is 0 Å². The Kier molecular flexibility index (Phi) is 9.61. The summed E-state index contributed by atoms with van der Waals surface area (Å²) in [5, 5.41) is 23.5. The minimum absolute atomic E-state index is 0.0804. The molecule has 0 bridgehead atoms. The average molecular weight is 492 g/mol. The highest BCUT2D eigenvalue weighted by atomic mass is 28.4. The summed E-state index contributed by atoms with van der Waals surface area (Å²) in [6.07, 6.45) is -2.25. The van der Waals surface area contributed by atoms with Crippen molar-refractivity contribution in [2.24, 2.45) is 5.41 Å². The van der Waals surface area contributed by atoms with Crippen molar-refractivity contribution in [1.82, 2.24) is 5.32 Å². The highest BCUT2D eigenvalue weighted by Crippen LogP contribution is 2.39. The zero-order chi connectivity index (χ0) is 25.8. The molecule has 1 rings (SSSR count). The van der Waals surface area contributed by atoms with E-state index in [2.05, 4.69) is 70.3 Å². The zero-order valence-corrected chi connectivity index (χ0v) is 24.5. The zero-order valence-electron chi connectivity index (χ0n) is 22.5. The van der Waals surface area contributed by atoms with Gasteiger partial charge in [-0.1, -0.05) is 79.2 Å². The molecule has 3 N–H and O–H groups in total. The maximum Gasteiger partial charge on any atom is 0.404 e. The average Bonchev–Trinajstić information content (AvgIpc) is 2.61. The summed E-state index contributed by atoms with van der Waals surface area (Å²) in [6.45, 7) is 23.1. The van der Waals surface area contributed by atoms with Gasteiger partial charge in [0.05, 0.1) is 18.2 Å². The van der Waals surface area contributed by atoms with Crippen molar-refractivity contribution in [2.75, 3.05) is 0 Å². The molecule has 0 saturated carbocycles. The van der Waals surface area contributed by atoms with E-state index in [0.29, 0.717) is 6.42 Å². The van der Waals surface area contributed by atoms with Gasteiger partial charge in [-0.25, -0.2) is 4.79 Å². The van der Waals surface area contributed by atoms with E-state index < -0.39 is 46.1 Å². The topological polar surface area (TPSA) is 78.8 Å². The fourth-order valence-corrected chi connectivity index (χ4v) is 4.92. The largest absolute Gasteiger partial charge is 0.465 e. The molecular weight excluding hydrogens is 446 g/mol. The highest BCUT2D eigenvalue weighted by molar-refractivity contribution is 6.83. The van der Waals surface area contributed by atoms with Gasteiger partial charge in [-0.2, -0.15) is 0 Å². The maximum atomic E-state index is 11.8. The summed E-state index contributed by atoms with van der Waals surface area (Å²) >= 11 is 0. The van der Waals surface area contributed by atoms with Crippen LogP contribution in [0.25, 0.3) is 0 Å². The van der Waals surface area contributed by atoms with Gasteiger partial charge in [0, 0.05) is 5.56 Å². The van der Waals surface area contributed by atoms with Crippen molar-refractivity contribution in [3.63, 3.8) is 0 Å². The molecule has 0 fully saturated rings. The van der Waals surface area contributed by atoms with E-state index in [1.807, 2.05) is 45.0 Å². The molecule has 33 heavy (non-hydrogen) atoms. The van der Waals surface area contributed by atoms with Crippen molar-refractivity contribution < 1.29 is 19.4 Å². The van der Waals surface area contributed by atoms with E-state index in [4.69, 9.17) is 4.43 Å². The second-order valence-electron chi connectivity index (χ2n) is 12.6. The Morgan fingerprint density at radius 2 is 1.67 bits per heavy atom. The monoisotopic (exact) mass is 491 g/mol. The number of carbonyl (C=O) groups is 1. The lowest BCUT2D eigenvalue weighted by Gasteiger charge is -2.45. The number of nitrogens with one attached hydrogen (secondary N) is 1. The molecular formula is C26H45NO4Si2. The van der Waals surface area contributed by atoms with Gasteiger partial charge < -0.3 is 20.0 Å². The summed E-state index contributed by atoms with van der Waals surface area (Å²) < 4.78 is 6.69. The fraction of sp³-hybridized carbons (Fsp3) is 0.654. The molecule has 0 aromatic heterocycles. The number of rotatable bonds is 7. The lowest BCUT2D eigenvalue weighted by Crippen LogP contribution is -2.59. The van der Waals surface area contributed by atoms with Crippen LogP contribution in [-0.2, 0) is 10.8 Å². The summed E-state index contributed by atoms with van der Waals surface area (Å²) in [5.41, 5.74) is 4.78. The predicted molar refractivity (Wildman–Crippen MR) is 143 cm³/mol. The first kappa shape index (κ1) is 29.4. The van der Waals surface area contributed by atoms with Crippen LogP contribution in [-0.4, -0.2) is 50.9 Å². The van der Waals surface area contributed by atoms with Gasteiger partial charge in [-0.15, -0.1) is 5.54 Å². The number of aliphatic hydroxyl groups is 1. The van der Waals surface area contributed by atoms with E-state index in [1.165, 1.54) is 0 Å². The van der Waals surface area contributed by atoms with Crippen LogP contribution in [0.2, 0.25) is 37.8 Å². The van der Waals surface area contributed by atoms with Crippen LogP contribution in [0.1, 0.15) is 52.7 Å². The summed E-state index contributed by atoms with van der Waals surface area (Å²) in [7, 11) is -3.81. The first-order valence-electron chi connectivity index (χ1n) is 11.7. The molecule has 1 amide bonds. The summed E-state index contributed by atoms with van der Waals surface area (Å²) in [4.78, 5) is 11.8. The molecule has 0 saturated heterocycles. The second kappa shape index (κ2) is 10.8. The van der Waals surface area contributed by atoms with Crippen molar-refractivity contribution in [2.45, 2.75) is 104 Å². The van der Waals surface area contributed by atoms with E-state index in [1.54, 1.807) is 0 Å². The fourth-order valence-electron chi connectivity index (χ4n) is 3.07. The molecule has 1 aromatic rings. The second-order valence-corrected chi connectivity index (χ2v) is 22.1. The predicted octanol–water partition coefficient (Wildman–Crippen LogP) is 5.89. The lowest BCUT2D eigenvalue weighted by atomic mass is 9.82. The minimum atomic E-state index is -2.30. The molecule has 0 aliphatic rings. The van der Waals surface area contributed by atoms with E-state index in [0.717, 1.165) is 11.1 Å². The molecule has 5 nitrogen and oxygen atoms in total. The maximum absolute atomic E-state index is 11.8. The Balaban J connectivity index is 3.42. The molecule has 1 unspecified atom stereocenters. The van der Waals surface area contributed by atoms with Crippen molar-refractivity contribution in [1.29, 1.82) is 0 Å². The van der Waals surface area contributed by atoms with Crippen LogP contribution in [0.15, 0.2) is 24.3 Å². The van der Waals surface area contributed by atoms with Crippen LogP contribution in [0.5, 0.6) is 0 Å². The number of benzene rings is 1. The van der Waals surface area contributed by atoms with Crippen LogP contribution >= 0.6 is 0 Å². The Bertz CT molecular complexity index is 867. The molecule has 0 radical (unpaired) electrons. The third-order valence-electron chi connectivity index (χ3n) is 6.11. The van der Waals surface area contributed by atoms with Crippen molar-refractivity contribution in [3.05, 3.63) is 35.4 Å². The van der Waals surface area contributed by atoms with E-state index in [-0.39, 0.29) is 5.04 Å². The van der Waals surface area contributed by atoms with E-state index in [9.17, 15) is 15.0 Å². The number of carboxylic acid groups (broad SMARTS) is 1. The van der Waals surface area contributed by atoms with Crippen LogP contribution < -0.4 is 5.32 Å². The first-order valence-corrected chi connectivity index (χ1v) is 18.1. The standard InChI is InChI=1S/C26H45NO4Si2/c1-25(2,3)23(28)22(31-33(10,11)26(4,5)6)21(27-24(29)30)18-20-14-12-13-19(17-20)15-16-32(7,8)9/h12-14,17,21-23,27-28H,18H2,1-11H3,(H,29,30)/t21-,22-,23?/m0/s1. The van der Waals surface area contributed by atoms with Crippen molar-refractivity contribution >= 4 is 22.5 Å². The van der Waals surface area contributed by atoms with Gasteiger partial charge in [-0.05, 0) is 47.7 Å². The van der Waals surface area contributed by atoms with Gasteiger partial charge in [-0.3, -0.25) is 0 Å². The smallest absolute Gasteiger partial charge is 0.404 e. The molecule has 186 valence electrons. The SMILES string of the molecule is CC(C)(C)C(O)[C@@H](O[Si](C)(C)C(C)(C)C)[C@H](Cc1cccc(C#C[Si](C)(C)C)c1)NC(=O)O. The Morgan fingerprint density at radius 1 is 1.09 bits per heavy atom. The Labute approximate surface area is 203 Å². The number of amides is 1. The molecule has 0 spiro atoms. The third kappa shape index (κ3) is 9.66. The first-order chi connectivity index (χ1) is 14.7. The van der Waals surface area contributed by atoms with E-state index >= 15 is 0 Å². The number of hydrogen-bond donors (Lipinski definition) is 3. The highest BCUT2D eigenvalue weighted by Gasteiger charge is 2.45. The molecule has 0 aliphatic heterocycles. The summed E-state index contributed by atoms with van der Waals surface area (Å²) in [6, 6.07) is 7.31. The van der Waals surface area contributed by atoms with Gasteiger partial charge in [0.2, 0.25) is 0 Å².